The summed E-state index contributed by atoms with van der Waals surface area (Å²) in [7, 11) is 0. The molecule has 0 spiro atoms. The maximum absolute atomic E-state index is 12.9. The molecule has 0 radical (unpaired) electrons. The Morgan fingerprint density at radius 2 is 1.81 bits per heavy atom. The maximum Gasteiger partial charge on any atom is 0.326 e. The van der Waals surface area contributed by atoms with E-state index in [2.05, 4.69) is 26.1 Å². The summed E-state index contributed by atoms with van der Waals surface area (Å²) in [5, 5.41) is 8.44. The van der Waals surface area contributed by atoms with Crippen molar-refractivity contribution in [2.24, 2.45) is 0 Å². The number of halogens is 3. The molecule has 0 saturated heterocycles. The average molecular weight is 306 g/mol. The zero-order valence-electron chi connectivity index (χ0n) is 7.82. The van der Waals surface area contributed by atoms with Gasteiger partial charge in [-0.1, -0.05) is 35.6 Å². The van der Waals surface area contributed by atoms with Gasteiger partial charge in [-0.25, -0.2) is 0 Å². The third-order valence-corrected chi connectivity index (χ3v) is 3.16. The molecule has 7 heteroatoms. The van der Waals surface area contributed by atoms with Gasteiger partial charge in [-0.15, -0.1) is 10.2 Å². The van der Waals surface area contributed by atoms with Crippen molar-refractivity contribution in [2.75, 3.05) is 5.73 Å². The monoisotopic (exact) mass is 305 g/mol. The number of anilines is 1. The molecule has 3 nitrogen and oxygen atoms in total. The Morgan fingerprint density at radius 1 is 1.19 bits per heavy atom. The van der Waals surface area contributed by atoms with Crippen LogP contribution in [0.2, 0.25) is 0 Å². The number of benzene rings is 1. The van der Waals surface area contributed by atoms with E-state index < -0.39 is 4.83 Å². The molecule has 16 heavy (non-hydrogen) atoms. The van der Waals surface area contributed by atoms with Crippen LogP contribution >= 0.6 is 27.3 Å². The normalized spacial score (nSPS) is 11.7. The van der Waals surface area contributed by atoms with E-state index in [0.29, 0.717) is 10.1 Å². The van der Waals surface area contributed by atoms with Gasteiger partial charge in [0.05, 0.1) is 0 Å². The van der Waals surface area contributed by atoms with E-state index in [4.69, 9.17) is 5.73 Å². The lowest BCUT2D eigenvalue weighted by atomic mass is 10.1. The highest BCUT2D eigenvalue weighted by molar-refractivity contribution is 9.09. The van der Waals surface area contributed by atoms with Crippen LogP contribution in [0.3, 0.4) is 0 Å². The second-order valence-electron chi connectivity index (χ2n) is 3.02. The topological polar surface area (TPSA) is 51.8 Å². The molecule has 0 atom stereocenters. The van der Waals surface area contributed by atoms with Gasteiger partial charge in [0.1, 0.15) is 5.01 Å². The summed E-state index contributed by atoms with van der Waals surface area (Å²) in [6, 6.07) is 5.79. The molecule has 84 valence electrons. The van der Waals surface area contributed by atoms with Gasteiger partial charge in [-0.2, -0.15) is 8.78 Å². The highest BCUT2D eigenvalue weighted by Gasteiger charge is 2.26. The van der Waals surface area contributed by atoms with Crippen LogP contribution in [0, 0.1) is 0 Å². The zero-order valence-corrected chi connectivity index (χ0v) is 10.2. The summed E-state index contributed by atoms with van der Waals surface area (Å²) < 4.78 is 25.7. The largest absolute Gasteiger partial charge is 0.374 e. The summed E-state index contributed by atoms with van der Waals surface area (Å²) in [5.41, 5.74) is 6.05. The first-order valence-corrected chi connectivity index (χ1v) is 5.84. The fourth-order valence-corrected chi connectivity index (χ4v) is 2.03. The van der Waals surface area contributed by atoms with E-state index in [9.17, 15) is 8.78 Å². The summed E-state index contributed by atoms with van der Waals surface area (Å²) in [6.07, 6.45) is 0. The fourth-order valence-electron chi connectivity index (χ4n) is 1.15. The molecule has 0 aliphatic rings. The second-order valence-corrected chi connectivity index (χ2v) is 5.03. The quantitative estimate of drug-likeness (QED) is 0.867. The zero-order chi connectivity index (χ0) is 11.8. The van der Waals surface area contributed by atoms with Crippen LogP contribution in [0.15, 0.2) is 24.3 Å². The number of hydrogen-bond donors (Lipinski definition) is 1. The van der Waals surface area contributed by atoms with E-state index in [1.807, 2.05) is 0 Å². The van der Waals surface area contributed by atoms with Crippen LogP contribution in [-0.2, 0) is 4.83 Å². The van der Waals surface area contributed by atoms with Gasteiger partial charge >= 0.3 is 4.83 Å². The molecule has 0 unspecified atom stereocenters. The molecule has 0 aliphatic carbocycles. The highest BCUT2D eigenvalue weighted by atomic mass is 79.9. The molecule has 0 amide bonds. The predicted molar refractivity (Wildman–Crippen MR) is 62.6 cm³/mol. The maximum atomic E-state index is 12.9. The Kier molecular flexibility index (Phi) is 2.90. The number of alkyl halides is 3. The summed E-state index contributed by atoms with van der Waals surface area (Å²) in [6.45, 7) is 0. The Morgan fingerprint density at radius 3 is 2.25 bits per heavy atom. The third-order valence-electron chi connectivity index (χ3n) is 1.90. The molecule has 2 aromatic rings. The Hall–Kier alpha value is -1.08. The van der Waals surface area contributed by atoms with Crippen LogP contribution in [0.5, 0.6) is 0 Å². The van der Waals surface area contributed by atoms with E-state index in [1.54, 1.807) is 12.1 Å². The van der Waals surface area contributed by atoms with Gasteiger partial charge in [-0.05, 0) is 15.9 Å². The molecular weight excluding hydrogens is 300 g/mol. The molecular formula is C9H6BrF2N3S. The lowest BCUT2D eigenvalue weighted by Crippen LogP contribution is -2.01. The minimum Gasteiger partial charge on any atom is -0.374 e. The Balaban J connectivity index is 2.33. The number of nitrogen functional groups attached to an aromatic ring is 1. The second kappa shape index (κ2) is 4.06. The fraction of sp³-hybridized carbons (Fsp3) is 0.111. The van der Waals surface area contributed by atoms with Crippen molar-refractivity contribution >= 4 is 32.4 Å². The summed E-state index contributed by atoms with van der Waals surface area (Å²) in [5.74, 6) is 0. The van der Waals surface area contributed by atoms with E-state index in [1.165, 1.54) is 23.5 Å². The highest BCUT2D eigenvalue weighted by Crippen LogP contribution is 2.35. The number of aromatic nitrogens is 2. The summed E-state index contributed by atoms with van der Waals surface area (Å²) in [4.78, 5) is -3.01. The molecule has 1 heterocycles. The first kappa shape index (κ1) is 11.4. The van der Waals surface area contributed by atoms with E-state index in [0.717, 1.165) is 5.56 Å². The standard InChI is InChI=1S/C9H6BrF2N3S/c10-9(11,12)6-3-1-5(2-4-6)7-14-15-8(13)16-7/h1-4H,(H2,13,15). The SMILES string of the molecule is Nc1nnc(-c2ccc(C(F)(F)Br)cc2)s1. The molecule has 2 N–H and O–H groups in total. The average Bonchev–Trinajstić information content (AvgIpc) is 2.64. The Labute approximate surface area is 102 Å². The van der Waals surface area contributed by atoms with Gasteiger partial charge in [-0.3, -0.25) is 0 Å². The van der Waals surface area contributed by atoms with Crippen LogP contribution < -0.4 is 5.73 Å². The lowest BCUT2D eigenvalue weighted by molar-refractivity contribution is 0.114. The van der Waals surface area contributed by atoms with Crippen molar-refractivity contribution in [3.8, 4) is 10.6 Å². The van der Waals surface area contributed by atoms with Crippen molar-refractivity contribution in [1.29, 1.82) is 0 Å². The number of hydrogen-bond acceptors (Lipinski definition) is 4. The predicted octanol–water partition coefficient (Wildman–Crippen LogP) is 3.23. The van der Waals surface area contributed by atoms with Crippen molar-refractivity contribution in [3.63, 3.8) is 0 Å². The van der Waals surface area contributed by atoms with Gasteiger partial charge in [0.2, 0.25) is 5.13 Å². The molecule has 1 aromatic carbocycles. The van der Waals surface area contributed by atoms with Crippen LogP contribution in [0.4, 0.5) is 13.9 Å². The van der Waals surface area contributed by atoms with Gasteiger partial charge in [0.25, 0.3) is 0 Å². The Bertz CT molecular complexity index is 492. The number of nitrogens with zero attached hydrogens (tertiary/aromatic N) is 2. The lowest BCUT2D eigenvalue weighted by Gasteiger charge is -2.08. The molecule has 0 fully saturated rings. The van der Waals surface area contributed by atoms with Crippen LogP contribution in [0.1, 0.15) is 5.56 Å². The molecule has 2 rings (SSSR count). The van der Waals surface area contributed by atoms with Gasteiger partial charge < -0.3 is 5.73 Å². The smallest absolute Gasteiger partial charge is 0.326 e. The van der Waals surface area contributed by atoms with E-state index in [-0.39, 0.29) is 5.56 Å². The first-order chi connectivity index (χ1) is 7.47. The van der Waals surface area contributed by atoms with Crippen molar-refractivity contribution < 1.29 is 8.78 Å². The van der Waals surface area contributed by atoms with Crippen LogP contribution in [-0.4, -0.2) is 10.2 Å². The minimum absolute atomic E-state index is 0.103. The minimum atomic E-state index is -3.01. The molecule has 0 aliphatic heterocycles. The molecule has 0 saturated carbocycles. The van der Waals surface area contributed by atoms with E-state index >= 15 is 0 Å². The number of nitrogens with two attached hydrogens (primary N) is 1. The number of rotatable bonds is 2. The van der Waals surface area contributed by atoms with Crippen molar-refractivity contribution in [1.82, 2.24) is 10.2 Å². The first-order valence-electron chi connectivity index (χ1n) is 4.23. The van der Waals surface area contributed by atoms with Crippen molar-refractivity contribution in [3.05, 3.63) is 29.8 Å². The summed E-state index contributed by atoms with van der Waals surface area (Å²) >= 11 is 3.50. The molecule has 0 bridgehead atoms. The van der Waals surface area contributed by atoms with Crippen LogP contribution in [0.25, 0.3) is 10.6 Å². The van der Waals surface area contributed by atoms with Gasteiger partial charge in [0.15, 0.2) is 0 Å². The third kappa shape index (κ3) is 2.35. The molecule has 1 aromatic heterocycles. The van der Waals surface area contributed by atoms with Gasteiger partial charge in [0, 0.05) is 11.1 Å². The van der Waals surface area contributed by atoms with Crippen molar-refractivity contribution in [2.45, 2.75) is 4.83 Å².